The molecule has 2 N–H and O–H groups in total. The smallest absolute Gasteiger partial charge is 0.330 e. The maximum atomic E-state index is 10.6. The number of esters is 1. The van der Waals surface area contributed by atoms with Crippen LogP contribution >= 0.6 is 0 Å². The summed E-state index contributed by atoms with van der Waals surface area (Å²) in [4.78, 5) is 21.1. The first-order chi connectivity index (χ1) is 4.59. The third-order valence-electron chi connectivity index (χ3n) is 0.979. The highest BCUT2D eigenvalue weighted by atomic mass is 16.5. The second kappa shape index (κ2) is 4.00. The van der Waals surface area contributed by atoms with E-state index in [-0.39, 0.29) is 12.4 Å². The fourth-order valence-electron chi connectivity index (χ4n) is 0.398. The van der Waals surface area contributed by atoms with E-state index in [2.05, 4.69) is 4.74 Å². The molecule has 0 amide bonds. The van der Waals surface area contributed by atoms with Crippen LogP contribution in [0.2, 0.25) is 0 Å². The van der Waals surface area contributed by atoms with Crippen molar-refractivity contribution in [2.45, 2.75) is 19.9 Å². The predicted octanol–water partition coefficient (Wildman–Crippen LogP) is -0.534. The van der Waals surface area contributed by atoms with Gasteiger partial charge in [-0.3, -0.25) is 4.79 Å². The van der Waals surface area contributed by atoms with Crippen LogP contribution in [-0.2, 0) is 14.3 Å². The summed E-state index contributed by atoms with van der Waals surface area (Å²) in [5, 5.41) is 0. The predicted molar refractivity (Wildman–Crippen MR) is 35.3 cm³/mol. The minimum atomic E-state index is -1.11. The molecule has 0 heterocycles. The molecule has 0 radical (unpaired) electrons. The first-order valence-electron chi connectivity index (χ1n) is 3.02. The molecule has 0 spiro atoms. The molecular weight excluding hydrogens is 134 g/mol. The molecule has 0 aliphatic carbocycles. The second-order valence-corrected chi connectivity index (χ2v) is 1.84. The fraction of sp³-hybridized carbons (Fsp3) is 0.667. The molecule has 0 aliphatic heterocycles. The lowest BCUT2D eigenvalue weighted by Crippen LogP contribution is -2.38. The molecule has 0 fully saturated rings. The molecule has 0 aromatic carbocycles. The average Bonchev–Trinajstić information content (AvgIpc) is 1.87. The van der Waals surface area contributed by atoms with E-state index in [1.54, 1.807) is 6.92 Å². The van der Waals surface area contributed by atoms with Crippen LogP contribution in [0.3, 0.4) is 0 Å². The van der Waals surface area contributed by atoms with Crippen LogP contribution < -0.4 is 5.73 Å². The SMILES string of the molecule is CCOC(=O)[C@H](N)C(C)=O. The third-order valence-corrected chi connectivity index (χ3v) is 0.979. The Morgan fingerprint density at radius 1 is 1.60 bits per heavy atom. The summed E-state index contributed by atoms with van der Waals surface area (Å²) >= 11 is 0. The number of Topliss-reactive ketones (excluding diaryl/α,β-unsaturated/α-hetero) is 1. The van der Waals surface area contributed by atoms with Crippen molar-refractivity contribution in [2.75, 3.05) is 6.61 Å². The van der Waals surface area contributed by atoms with Gasteiger partial charge in [0.2, 0.25) is 0 Å². The van der Waals surface area contributed by atoms with Crippen molar-refractivity contribution in [1.29, 1.82) is 0 Å². The molecule has 0 bridgehead atoms. The highest BCUT2D eigenvalue weighted by molar-refractivity contribution is 6.01. The molecule has 58 valence electrons. The molecule has 0 aromatic rings. The summed E-state index contributed by atoms with van der Waals surface area (Å²) in [5.74, 6) is -1.03. The number of hydrogen-bond acceptors (Lipinski definition) is 4. The maximum absolute atomic E-state index is 10.6. The van der Waals surface area contributed by atoms with Gasteiger partial charge < -0.3 is 10.5 Å². The zero-order chi connectivity index (χ0) is 8.15. The highest BCUT2D eigenvalue weighted by Crippen LogP contribution is 1.86. The Labute approximate surface area is 59.3 Å². The van der Waals surface area contributed by atoms with Crippen molar-refractivity contribution in [3.63, 3.8) is 0 Å². The van der Waals surface area contributed by atoms with E-state index in [1.165, 1.54) is 6.92 Å². The number of carbonyl (C=O) groups excluding carboxylic acids is 2. The minimum Gasteiger partial charge on any atom is -0.464 e. The molecule has 0 rings (SSSR count). The van der Waals surface area contributed by atoms with Gasteiger partial charge in [-0.25, -0.2) is 4.79 Å². The zero-order valence-corrected chi connectivity index (χ0v) is 6.09. The van der Waals surface area contributed by atoms with Gasteiger partial charge in [0.1, 0.15) is 0 Å². The van der Waals surface area contributed by atoms with Gasteiger partial charge in [0.05, 0.1) is 6.61 Å². The van der Waals surface area contributed by atoms with E-state index >= 15 is 0 Å². The van der Waals surface area contributed by atoms with Gasteiger partial charge in [-0.05, 0) is 13.8 Å². The Morgan fingerprint density at radius 3 is 2.40 bits per heavy atom. The van der Waals surface area contributed by atoms with Crippen LogP contribution in [0.15, 0.2) is 0 Å². The van der Waals surface area contributed by atoms with Crippen LogP contribution in [0, 0.1) is 0 Å². The van der Waals surface area contributed by atoms with E-state index in [9.17, 15) is 9.59 Å². The van der Waals surface area contributed by atoms with Gasteiger partial charge in [-0.15, -0.1) is 0 Å². The molecule has 0 aromatic heterocycles. The van der Waals surface area contributed by atoms with Crippen LogP contribution in [0.4, 0.5) is 0 Å². The Balaban J connectivity index is 3.82. The topological polar surface area (TPSA) is 69.4 Å². The molecule has 1 atom stereocenters. The van der Waals surface area contributed by atoms with Crippen molar-refractivity contribution in [1.82, 2.24) is 0 Å². The summed E-state index contributed by atoms with van der Waals surface area (Å²) in [6.07, 6.45) is 0. The third kappa shape index (κ3) is 2.59. The van der Waals surface area contributed by atoms with Crippen molar-refractivity contribution >= 4 is 11.8 Å². The number of carbonyl (C=O) groups is 2. The van der Waals surface area contributed by atoms with Crippen LogP contribution in [0.5, 0.6) is 0 Å². The monoisotopic (exact) mass is 145 g/mol. The maximum Gasteiger partial charge on any atom is 0.330 e. The molecule has 10 heavy (non-hydrogen) atoms. The molecular formula is C6H11NO3. The summed E-state index contributed by atoms with van der Waals surface area (Å²) in [5.41, 5.74) is 5.12. The molecule has 0 saturated heterocycles. The summed E-state index contributed by atoms with van der Waals surface area (Å²) < 4.78 is 4.48. The van der Waals surface area contributed by atoms with Gasteiger partial charge in [0.25, 0.3) is 0 Å². The van der Waals surface area contributed by atoms with E-state index < -0.39 is 12.0 Å². The molecule has 4 heteroatoms. The first kappa shape index (κ1) is 9.10. The van der Waals surface area contributed by atoms with Gasteiger partial charge >= 0.3 is 5.97 Å². The van der Waals surface area contributed by atoms with E-state index in [4.69, 9.17) is 5.73 Å². The molecule has 0 unspecified atom stereocenters. The number of rotatable bonds is 3. The highest BCUT2D eigenvalue weighted by Gasteiger charge is 2.18. The van der Waals surface area contributed by atoms with Crippen LogP contribution in [-0.4, -0.2) is 24.4 Å². The van der Waals surface area contributed by atoms with E-state index in [0.717, 1.165) is 0 Å². The summed E-state index contributed by atoms with van der Waals surface area (Å²) in [7, 11) is 0. The van der Waals surface area contributed by atoms with Gasteiger partial charge in [0.15, 0.2) is 11.8 Å². The second-order valence-electron chi connectivity index (χ2n) is 1.84. The number of hydrogen-bond donors (Lipinski definition) is 1. The summed E-state index contributed by atoms with van der Waals surface area (Å²) in [6.45, 7) is 3.16. The molecule has 0 saturated carbocycles. The summed E-state index contributed by atoms with van der Waals surface area (Å²) in [6, 6.07) is -1.11. The van der Waals surface area contributed by atoms with Gasteiger partial charge in [0, 0.05) is 0 Å². The number of ketones is 1. The van der Waals surface area contributed by atoms with Crippen molar-refractivity contribution in [3.05, 3.63) is 0 Å². The van der Waals surface area contributed by atoms with Gasteiger partial charge in [-0.1, -0.05) is 0 Å². The Bertz CT molecular complexity index is 144. The fourth-order valence-corrected chi connectivity index (χ4v) is 0.398. The molecule has 4 nitrogen and oxygen atoms in total. The van der Waals surface area contributed by atoms with Crippen molar-refractivity contribution in [2.24, 2.45) is 5.73 Å². The van der Waals surface area contributed by atoms with Crippen molar-refractivity contribution in [3.8, 4) is 0 Å². The Hall–Kier alpha value is -0.900. The van der Waals surface area contributed by atoms with E-state index in [1.807, 2.05) is 0 Å². The van der Waals surface area contributed by atoms with Crippen molar-refractivity contribution < 1.29 is 14.3 Å². The van der Waals surface area contributed by atoms with E-state index in [0.29, 0.717) is 0 Å². The Morgan fingerprint density at radius 2 is 2.10 bits per heavy atom. The normalized spacial score (nSPS) is 12.3. The lowest BCUT2D eigenvalue weighted by Gasteiger charge is -2.05. The van der Waals surface area contributed by atoms with Crippen LogP contribution in [0.1, 0.15) is 13.8 Å². The lowest BCUT2D eigenvalue weighted by molar-refractivity contribution is -0.147. The van der Waals surface area contributed by atoms with Gasteiger partial charge in [-0.2, -0.15) is 0 Å². The first-order valence-corrected chi connectivity index (χ1v) is 3.02. The minimum absolute atomic E-state index is 0.250. The largest absolute Gasteiger partial charge is 0.464 e. The zero-order valence-electron chi connectivity index (χ0n) is 6.09. The number of nitrogens with two attached hydrogens (primary N) is 1. The standard InChI is InChI=1S/C6H11NO3/c1-3-10-6(9)5(7)4(2)8/h5H,3,7H2,1-2H3/t5-/m1/s1. The average molecular weight is 145 g/mol. The quantitative estimate of drug-likeness (QED) is 0.428. The van der Waals surface area contributed by atoms with Crippen LogP contribution in [0.25, 0.3) is 0 Å². The number of ether oxygens (including phenoxy) is 1. The Kier molecular flexibility index (Phi) is 3.64. The molecule has 0 aliphatic rings. The lowest BCUT2D eigenvalue weighted by atomic mass is 10.2.